The molecule has 0 saturated heterocycles. The fraction of sp³-hybridized carbons (Fsp3) is 0.250. The number of methoxy groups -OCH3 is 1. The normalized spacial score (nSPS) is 10.9. The fourth-order valence-electron chi connectivity index (χ4n) is 1.94. The van der Waals surface area contributed by atoms with Gasteiger partial charge in [0, 0.05) is 7.05 Å². The van der Waals surface area contributed by atoms with Gasteiger partial charge in [0.05, 0.1) is 19.9 Å². The number of nitrogens with zero attached hydrogens (tertiary/aromatic N) is 2. The minimum Gasteiger partial charge on any atom is -0.493 e. The lowest BCUT2D eigenvalue weighted by Gasteiger charge is -2.09. The molecule has 0 amide bonds. The summed E-state index contributed by atoms with van der Waals surface area (Å²) in [6.07, 6.45) is 4.64. The molecule has 0 atom stereocenters. The number of rotatable bonds is 6. The summed E-state index contributed by atoms with van der Waals surface area (Å²) in [5.41, 5.74) is 1.27. The van der Waals surface area contributed by atoms with Crippen molar-refractivity contribution in [1.29, 1.82) is 0 Å². The fourth-order valence-corrected chi connectivity index (χ4v) is 2.08. The number of imidazole rings is 1. The summed E-state index contributed by atoms with van der Waals surface area (Å²) < 4.78 is 12.3. The van der Waals surface area contributed by atoms with Crippen LogP contribution in [0.1, 0.15) is 23.0 Å². The van der Waals surface area contributed by atoms with Gasteiger partial charge in [0.25, 0.3) is 0 Å². The first-order valence-corrected chi connectivity index (χ1v) is 7.15. The molecule has 22 heavy (non-hydrogen) atoms. The average Bonchev–Trinajstić information content (AvgIpc) is 2.85. The summed E-state index contributed by atoms with van der Waals surface area (Å²) in [7, 11) is 3.28. The first-order valence-electron chi connectivity index (χ1n) is 6.77. The Bertz CT molecular complexity index is 707. The predicted molar refractivity (Wildman–Crippen MR) is 85.7 cm³/mol. The molecule has 1 aromatic heterocycles. The Morgan fingerprint density at radius 3 is 2.77 bits per heavy atom. The maximum atomic E-state index is 12.1. The molecule has 0 aliphatic heterocycles. The zero-order valence-corrected chi connectivity index (χ0v) is 13.4. The number of hydrogen-bond acceptors (Lipinski definition) is 4. The van der Waals surface area contributed by atoms with Gasteiger partial charge in [-0.2, -0.15) is 0 Å². The number of aromatic nitrogens is 2. The minimum absolute atomic E-state index is 0.171. The molecule has 0 N–H and O–H groups in total. The molecule has 0 spiro atoms. The van der Waals surface area contributed by atoms with Crippen molar-refractivity contribution in [1.82, 2.24) is 9.55 Å². The Balaban J connectivity index is 2.21. The van der Waals surface area contributed by atoms with Crippen molar-refractivity contribution < 1.29 is 14.3 Å². The highest BCUT2D eigenvalue weighted by Crippen LogP contribution is 2.28. The SMILES string of the molecule is CCOc1cc(C=CC(=O)c2cnc(Cl)n2C)ccc1OC. The van der Waals surface area contributed by atoms with Crippen LogP contribution in [0.15, 0.2) is 30.5 Å². The Hall–Kier alpha value is -2.27. The third-order valence-electron chi connectivity index (χ3n) is 3.10. The first-order chi connectivity index (χ1) is 10.6. The maximum absolute atomic E-state index is 12.1. The second kappa shape index (κ2) is 7.13. The van der Waals surface area contributed by atoms with Crippen LogP contribution in [0.5, 0.6) is 11.5 Å². The van der Waals surface area contributed by atoms with E-state index in [4.69, 9.17) is 21.1 Å². The third kappa shape index (κ3) is 3.49. The molecule has 0 saturated carbocycles. The van der Waals surface area contributed by atoms with Crippen molar-refractivity contribution in [2.75, 3.05) is 13.7 Å². The second-order valence-corrected chi connectivity index (χ2v) is 4.85. The van der Waals surface area contributed by atoms with Gasteiger partial charge in [-0.05, 0) is 42.3 Å². The lowest BCUT2D eigenvalue weighted by molar-refractivity contribution is 0.104. The predicted octanol–water partition coefficient (Wildman–Crippen LogP) is 3.38. The number of benzene rings is 1. The van der Waals surface area contributed by atoms with Gasteiger partial charge < -0.3 is 14.0 Å². The van der Waals surface area contributed by atoms with Gasteiger partial charge >= 0.3 is 0 Å². The number of allylic oxidation sites excluding steroid dienone is 1. The van der Waals surface area contributed by atoms with Crippen molar-refractivity contribution in [2.45, 2.75) is 6.92 Å². The summed E-state index contributed by atoms with van der Waals surface area (Å²) in [5, 5.41) is 0.278. The molecule has 2 aromatic rings. The van der Waals surface area contributed by atoms with E-state index in [0.29, 0.717) is 23.8 Å². The molecular weight excluding hydrogens is 304 g/mol. The lowest BCUT2D eigenvalue weighted by atomic mass is 10.1. The first kappa shape index (κ1) is 16.1. The minimum atomic E-state index is -0.171. The van der Waals surface area contributed by atoms with Crippen LogP contribution in [0.4, 0.5) is 0 Å². The molecule has 1 aromatic carbocycles. The third-order valence-corrected chi connectivity index (χ3v) is 3.45. The van der Waals surface area contributed by atoms with Crippen LogP contribution in [-0.2, 0) is 7.05 Å². The average molecular weight is 321 g/mol. The summed E-state index contributed by atoms with van der Waals surface area (Å²) in [6.45, 7) is 2.44. The van der Waals surface area contributed by atoms with E-state index in [1.165, 1.54) is 16.8 Å². The zero-order valence-electron chi connectivity index (χ0n) is 12.7. The van der Waals surface area contributed by atoms with Gasteiger partial charge in [0.1, 0.15) is 5.69 Å². The van der Waals surface area contributed by atoms with Crippen LogP contribution in [0.2, 0.25) is 5.28 Å². The van der Waals surface area contributed by atoms with Crippen LogP contribution in [0.25, 0.3) is 6.08 Å². The number of carbonyl (C=O) groups is 1. The molecule has 0 radical (unpaired) electrons. The van der Waals surface area contributed by atoms with Crippen molar-refractivity contribution in [3.8, 4) is 11.5 Å². The highest BCUT2D eigenvalue weighted by Gasteiger charge is 2.10. The van der Waals surface area contributed by atoms with Crippen LogP contribution in [0.3, 0.4) is 0 Å². The Morgan fingerprint density at radius 2 is 2.18 bits per heavy atom. The van der Waals surface area contributed by atoms with E-state index in [-0.39, 0.29) is 11.1 Å². The van der Waals surface area contributed by atoms with Gasteiger partial charge in [0.2, 0.25) is 11.1 Å². The summed E-state index contributed by atoms with van der Waals surface area (Å²) in [6, 6.07) is 5.47. The molecule has 116 valence electrons. The number of carbonyl (C=O) groups excluding carboxylic acids is 1. The van der Waals surface area contributed by atoms with Gasteiger partial charge in [0.15, 0.2) is 11.5 Å². The van der Waals surface area contributed by atoms with Crippen molar-refractivity contribution in [3.63, 3.8) is 0 Å². The summed E-state index contributed by atoms with van der Waals surface area (Å²) in [5.74, 6) is 1.13. The molecule has 2 rings (SSSR count). The van der Waals surface area contributed by atoms with E-state index in [0.717, 1.165) is 5.56 Å². The van der Waals surface area contributed by atoms with Crippen molar-refractivity contribution in [2.24, 2.45) is 7.05 Å². The van der Waals surface area contributed by atoms with Gasteiger partial charge in [-0.3, -0.25) is 4.79 Å². The number of ether oxygens (including phenoxy) is 2. The highest BCUT2D eigenvalue weighted by molar-refractivity contribution is 6.28. The van der Waals surface area contributed by atoms with Gasteiger partial charge in [-0.1, -0.05) is 12.1 Å². The summed E-state index contributed by atoms with van der Waals surface area (Å²) >= 11 is 5.82. The number of hydrogen-bond donors (Lipinski definition) is 0. The Labute approximate surface area is 134 Å². The van der Waals surface area contributed by atoms with E-state index < -0.39 is 0 Å². The molecule has 5 nitrogen and oxygen atoms in total. The molecule has 0 unspecified atom stereocenters. The molecular formula is C16H17ClN2O3. The van der Waals surface area contributed by atoms with E-state index in [1.807, 2.05) is 19.1 Å². The highest BCUT2D eigenvalue weighted by atomic mass is 35.5. The lowest BCUT2D eigenvalue weighted by Crippen LogP contribution is -2.02. The van der Waals surface area contributed by atoms with Gasteiger partial charge in [-0.15, -0.1) is 0 Å². The van der Waals surface area contributed by atoms with Crippen LogP contribution in [0, 0.1) is 0 Å². The Morgan fingerprint density at radius 1 is 1.41 bits per heavy atom. The molecule has 1 heterocycles. The smallest absolute Gasteiger partial charge is 0.203 e. The molecule has 0 bridgehead atoms. The van der Waals surface area contributed by atoms with E-state index in [1.54, 1.807) is 26.3 Å². The number of ketones is 1. The van der Waals surface area contributed by atoms with E-state index >= 15 is 0 Å². The summed E-state index contributed by atoms with van der Waals surface area (Å²) in [4.78, 5) is 16.0. The Kier molecular flexibility index (Phi) is 5.22. The molecule has 6 heteroatoms. The van der Waals surface area contributed by atoms with Crippen LogP contribution < -0.4 is 9.47 Å². The van der Waals surface area contributed by atoms with E-state index in [9.17, 15) is 4.79 Å². The second-order valence-electron chi connectivity index (χ2n) is 4.51. The largest absolute Gasteiger partial charge is 0.493 e. The molecule has 0 aliphatic rings. The van der Waals surface area contributed by atoms with Crippen LogP contribution in [-0.4, -0.2) is 29.1 Å². The van der Waals surface area contributed by atoms with Crippen LogP contribution >= 0.6 is 11.6 Å². The molecule has 0 fully saturated rings. The van der Waals surface area contributed by atoms with E-state index in [2.05, 4.69) is 4.98 Å². The monoisotopic (exact) mass is 320 g/mol. The zero-order chi connectivity index (χ0) is 16.1. The quantitative estimate of drug-likeness (QED) is 0.605. The number of halogens is 1. The molecule has 0 aliphatic carbocycles. The van der Waals surface area contributed by atoms with Crippen molar-refractivity contribution in [3.05, 3.63) is 47.0 Å². The topological polar surface area (TPSA) is 53.3 Å². The standard InChI is InChI=1S/C16H17ClN2O3/c1-4-22-15-9-11(6-8-14(15)21-3)5-7-13(20)12-10-18-16(17)19(12)2/h5-10H,4H2,1-3H3. The maximum Gasteiger partial charge on any atom is 0.203 e. The van der Waals surface area contributed by atoms with Crippen molar-refractivity contribution >= 4 is 23.5 Å². The van der Waals surface area contributed by atoms with Gasteiger partial charge in [-0.25, -0.2) is 4.98 Å².